The van der Waals surface area contributed by atoms with Gasteiger partial charge in [-0.1, -0.05) is 22.9 Å². The molecule has 0 aliphatic carbocycles. The average Bonchev–Trinajstić information content (AvgIpc) is 3.27. The van der Waals surface area contributed by atoms with E-state index >= 15 is 0 Å². The molecule has 0 atom stereocenters. The molecule has 0 saturated carbocycles. The summed E-state index contributed by atoms with van der Waals surface area (Å²) in [4.78, 5) is 14.5. The third-order valence-corrected chi connectivity index (χ3v) is 5.07. The molecule has 1 amide bonds. The predicted molar refractivity (Wildman–Crippen MR) is 112 cm³/mol. The number of nitrogens with zero attached hydrogens (tertiary/aromatic N) is 3. The van der Waals surface area contributed by atoms with Crippen LogP contribution in [0.4, 0.5) is 5.69 Å². The van der Waals surface area contributed by atoms with Gasteiger partial charge in [-0.15, -0.1) is 0 Å². The van der Waals surface area contributed by atoms with Gasteiger partial charge in [0.1, 0.15) is 11.5 Å². The highest BCUT2D eigenvalue weighted by atomic mass is 32.1. The van der Waals surface area contributed by atoms with E-state index in [1.807, 2.05) is 74.7 Å². The van der Waals surface area contributed by atoms with Crippen LogP contribution in [0.15, 0.2) is 46.6 Å². The van der Waals surface area contributed by atoms with Crippen molar-refractivity contribution in [3.05, 3.63) is 70.4 Å². The first-order valence-corrected chi connectivity index (χ1v) is 9.32. The van der Waals surface area contributed by atoms with Crippen molar-refractivity contribution in [2.75, 3.05) is 4.90 Å². The molecule has 7 heteroatoms. The van der Waals surface area contributed by atoms with Gasteiger partial charge in [-0.3, -0.25) is 14.3 Å². The lowest BCUT2D eigenvalue weighted by atomic mass is 10.2. The van der Waals surface area contributed by atoms with Gasteiger partial charge in [-0.2, -0.15) is 0 Å². The maximum Gasteiger partial charge on any atom is 0.281 e. The highest BCUT2D eigenvalue weighted by Gasteiger charge is 2.32. The van der Waals surface area contributed by atoms with E-state index in [2.05, 4.69) is 10.5 Å². The summed E-state index contributed by atoms with van der Waals surface area (Å²) in [6.07, 6.45) is 1.83. The molecule has 1 saturated heterocycles. The second-order valence-corrected chi connectivity index (χ2v) is 7.31. The van der Waals surface area contributed by atoms with Gasteiger partial charge in [0, 0.05) is 17.5 Å². The summed E-state index contributed by atoms with van der Waals surface area (Å²) in [6.45, 7) is 7.84. The minimum Gasteiger partial charge on any atom is -0.360 e. The van der Waals surface area contributed by atoms with Crippen molar-refractivity contribution in [1.82, 2.24) is 15.0 Å². The zero-order chi connectivity index (χ0) is 20.0. The molecule has 3 aromatic rings. The maximum absolute atomic E-state index is 13.0. The Balaban J connectivity index is 1.69. The summed E-state index contributed by atoms with van der Waals surface area (Å²) in [6, 6.07) is 11.6. The van der Waals surface area contributed by atoms with E-state index < -0.39 is 0 Å². The molecule has 142 valence electrons. The fraction of sp³-hybridized carbons (Fsp3) is 0.190. The van der Waals surface area contributed by atoms with Crippen LogP contribution in [0.1, 0.15) is 28.3 Å². The van der Waals surface area contributed by atoms with Gasteiger partial charge < -0.3 is 9.84 Å². The second-order valence-electron chi connectivity index (χ2n) is 6.92. The normalized spacial score (nSPS) is 15.6. The highest BCUT2D eigenvalue weighted by molar-refractivity contribution is 7.80. The highest BCUT2D eigenvalue weighted by Crippen LogP contribution is 2.26. The largest absolute Gasteiger partial charge is 0.360 e. The number of hydrogen-bond donors (Lipinski definition) is 1. The lowest BCUT2D eigenvalue weighted by Crippen LogP contribution is -2.30. The van der Waals surface area contributed by atoms with Crippen LogP contribution in [-0.4, -0.2) is 20.7 Å². The van der Waals surface area contributed by atoms with Crippen LogP contribution in [0.5, 0.6) is 0 Å². The summed E-state index contributed by atoms with van der Waals surface area (Å²) in [5.41, 5.74) is 5.21. The van der Waals surface area contributed by atoms with Crippen LogP contribution < -0.4 is 10.2 Å². The summed E-state index contributed by atoms with van der Waals surface area (Å²) in [5, 5.41) is 7.51. The number of anilines is 1. The van der Waals surface area contributed by atoms with E-state index in [0.29, 0.717) is 10.8 Å². The van der Waals surface area contributed by atoms with Crippen molar-refractivity contribution in [3.63, 3.8) is 0 Å². The Bertz CT molecular complexity index is 1120. The molecule has 2 aromatic heterocycles. The molecule has 0 radical (unpaired) electrons. The summed E-state index contributed by atoms with van der Waals surface area (Å²) in [5.74, 6) is 1.30. The summed E-state index contributed by atoms with van der Waals surface area (Å²) >= 11 is 5.39. The summed E-state index contributed by atoms with van der Waals surface area (Å²) in [7, 11) is 0. The Kier molecular flexibility index (Phi) is 4.39. The quantitative estimate of drug-likeness (QED) is 0.540. The topological polar surface area (TPSA) is 63.3 Å². The number of amides is 1. The molecule has 1 fully saturated rings. The Morgan fingerprint density at radius 3 is 2.46 bits per heavy atom. The molecule has 3 heterocycles. The van der Waals surface area contributed by atoms with Crippen molar-refractivity contribution >= 4 is 35.0 Å². The smallest absolute Gasteiger partial charge is 0.281 e. The zero-order valence-electron chi connectivity index (χ0n) is 16.1. The Morgan fingerprint density at radius 1 is 1.11 bits per heavy atom. The molecule has 1 aromatic carbocycles. The van der Waals surface area contributed by atoms with E-state index in [0.717, 1.165) is 39.8 Å². The molecule has 28 heavy (non-hydrogen) atoms. The molecule has 1 N–H and O–H groups in total. The average molecular weight is 392 g/mol. The van der Waals surface area contributed by atoms with Crippen LogP contribution in [0.2, 0.25) is 0 Å². The minimum atomic E-state index is -0.170. The van der Waals surface area contributed by atoms with Gasteiger partial charge in [-0.05, 0) is 69.8 Å². The van der Waals surface area contributed by atoms with Crippen LogP contribution in [0.3, 0.4) is 0 Å². The van der Waals surface area contributed by atoms with Gasteiger partial charge in [0.2, 0.25) is 0 Å². The number of aromatic nitrogens is 2. The zero-order valence-corrected chi connectivity index (χ0v) is 16.9. The lowest BCUT2D eigenvalue weighted by molar-refractivity contribution is -0.113. The molecule has 0 bridgehead atoms. The van der Waals surface area contributed by atoms with Gasteiger partial charge in [0.25, 0.3) is 5.91 Å². The van der Waals surface area contributed by atoms with Gasteiger partial charge in [0.05, 0.1) is 5.69 Å². The standard InChI is InChI=1S/C21H20N4O2S/c1-12-5-7-17(8-6-12)25-20(26)18(22-21(25)28)11-16-9-13(2)24(15(16)4)19-10-14(3)27-23-19/h5-11H,1-4H3,(H,22,28)/b18-11-. The molecular formula is C21H20N4O2S. The van der Waals surface area contributed by atoms with Crippen LogP contribution in [0.25, 0.3) is 11.9 Å². The van der Waals surface area contributed by atoms with Gasteiger partial charge >= 0.3 is 0 Å². The van der Waals surface area contributed by atoms with Gasteiger partial charge in [0.15, 0.2) is 10.9 Å². The number of carbonyl (C=O) groups is 1. The first-order chi connectivity index (χ1) is 13.3. The van der Waals surface area contributed by atoms with Crippen molar-refractivity contribution < 1.29 is 9.32 Å². The third kappa shape index (κ3) is 3.03. The van der Waals surface area contributed by atoms with E-state index in [-0.39, 0.29) is 5.91 Å². The maximum atomic E-state index is 13.0. The van der Waals surface area contributed by atoms with Crippen LogP contribution in [-0.2, 0) is 4.79 Å². The minimum absolute atomic E-state index is 0.170. The van der Waals surface area contributed by atoms with Crippen molar-refractivity contribution in [2.24, 2.45) is 0 Å². The van der Waals surface area contributed by atoms with Crippen molar-refractivity contribution in [2.45, 2.75) is 27.7 Å². The van der Waals surface area contributed by atoms with Crippen LogP contribution in [0, 0.1) is 27.7 Å². The molecule has 0 spiro atoms. The molecular weight excluding hydrogens is 372 g/mol. The molecule has 4 rings (SSSR count). The Hall–Kier alpha value is -3.19. The first kappa shape index (κ1) is 18.2. The lowest BCUT2D eigenvalue weighted by Gasteiger charge is -2.13. The fourth-order valence-electron chi connectivity index (χ4n) is 3.36. The number of carbonyl (C=O) groups excluding carboxylic acids is 1. The number of hydrogen-bond acceptors (Lipinski definition) is 4. The molecule has 1 aliphatic heterocycles. The number of aryl methyl sites for hydroxylation is 3. The SMILES string of the molecule is Cc1ccc(N2C(=O)/C(=C/c3cc(C)n(-c4cc(C)on4)c3C)NC2=S)cc1. The monoisotopic (exact) mass is 392 g/mol. The fourth-order valence-corrected chi connectivity index (χ4v) is 3.66. The van der Waals surface area contributed by atoms with Crippen molar-refractivity contribution in [3.8, 4) is 5.82 Å². The number of benzene rings is 1. The van der Waals surface area contributed by atoms with E-state index in [4.69, 9.17) is 16.7 Å². The second kappa shape index (κ2) is 6.76. The van der Waals surface area contributed by atoms with Gasteiger partial charge in [-0.25, -0.2) is 0 Å². The first-order valence-electron chi connectivity index (χ1n) is 8.91. The van der Waals surface area contributed by atoms with Crippen LogP contribution >= 0.6 is 12.2 Å². The Morgan fingerprint density at radius 2 is 1.82 bits per heavy atom. The number of thiocarbonyl (C=S) groups is 1. The molecule has 0 unspecified atom stereocenters. The predicted octanol–water partition coefficient (Wildman–Crippen LogP) is 3.96. The van der Waals surface area contributed by atoms with Crippen molar-refractivity contribution in [1.29, 1.82) is 0 Å². The van der Waals surface area contributed by atoms with E-state index in [1.165, 1.54) is 4.90 Å². The van der Waals surface area contributed by atoms with E-state index in [9.17, 15) is 4.79 Å². The number of rotatable bonds is 3. The third-order valence-electron chi connectivity index (χ3n) is 4.79. The number of nitrogens with one attached hydrogen (secondary N) is 1. The van der Waals surface area contributed by atoms with E-state index in [1.54, 1.807) is 0 Å². The summed E-state index contributed by atoms with van der Waals surface area (Å²) < 4.78 is 7.20. The molecule has 6 nitrogen and oxygen atoms in total. The Labute approximate surface area is 168 Å². The molecule has 1 aliphatic rings.